The van der Waals surface area contributed by atoms with E-state index in [1.165, 1.54) is 5.56 Å². The van der Waals surface area contributed by atoms with Gasteiger partial charge in [-0.15, -0.1) is 0 Å². The van der Waals surface area contributed by atoms with Crippen molar-refractivity contribution in [1.82, 2.24) is 10.2 Å². The molecule has 1 aliphatic heterocycles. The van der Waals surface area contributed by atoms with Gasteiger partial charge in [-0.05, 0) is 23.8 Å². The maximum absolute atomic E-state index is 5.98. The second-order valence-corrected chi connectivity index (χ2v) is 5.05. The molecule has 0 unspecified atom stereocenters. The average Bonchev–Trinajstić information content (AvgIpc) is 2.25. The van der Waals surface area contributed by atoms with Crippen molar-refractivity contribution in [3.63, 3.8) is 0 Å². The third kappa shape index (κ3) is 3.18. The minimum atomic E-state index is 0.809. The monoisotopic (exact) mass is 288 g/mol. The van der Waals surface area contributed by atoms with Crippen molar-refractivity contribution >= 4 is 27.5 Å². The van der Waals surface area contributed by atoms with Crippen LogP contribution in [0.1, 0.15) is 5.56 Å². The smallest absolute Gasteiger partial charge is 0.0410 e. The van der Waals surface area contributed by atoms with Gasteiger partial charge in [-0.1, -0.05) is 27.5 Å². The van der Waals surface area contributed by atoms with Crippen LogP contribution in [0.5, 0.6) is 0 Å². The Kier molecular flexibility index (Phi) is 4.03. The van der Waals surface area contributed by atoms with E-state index in [-0.39, 0.29) is 0 Å². The van der Waals surface area contributed by atoms with Gasteiger partial charge in [0.25, 0.3) is 0 Å². The molecule has 0 amide bonds. The van der Waals surface area contributed by atoms with E-state index in [4.69, 9.17) is 11.6 Å². The summed E-state index contributed by atoms with van der Waals surface area (Å²) in [4.78, 5) is 2.44. The Bertz CT molecular complexity index is 337. The summed E-state index contributed by atoms with van der Waals surface area (Å²) in [5.74, 6) is 0. The molecule has 1 aromatic rings. The van der Waals surface area contributed by atoms with Crippen LogP contribution in [0.25, 0.3) is 0 Å². The van der Waals surface area contributed by atoms with Gasteiger partial charge >= 0.3 is 0 Å². The summed E-state index contributed by atoms with van der Waals surface area (Å²) in [5, 5.41) is 4.16. The lowest BCUT2D eigenvalue weighted by molar-refractivity contribution is 0.233. The van der Waals surface area contributed by atoms with Gasteiger partial charge in [0.1, 0.15) is 0 Å². The molecule has 0 aliphatic carbocycles. The Morgan fingerprint density at radius 3 is 2.80 bits per heavy atom. The van der Waals surface area contributed by atoms with E-state index >= 15 is 0 Å². The summed E-state index contributed by atoms with van der Waals surface area (Å²) in [6, 6.07) is 5.96. The summed E-state index contributed by atoms with van der Waals surface area (Å²) in [6.07, 6.45) is 0. The van der Waals surface area contributed by atoms with Crippen molar-refractivity contribution in [2.24, 2.45) is 0 Å². The van der Waals surface area contributed by atoms with Gasteiger partial charge in [-0.2, -0.15) is 0 Å². The summed E-state index contributed by atoms with van der Waals surface area (Å²) in [7, 11) is 0. The highest BCUT2D eigenvalue weighted by molar-refractivity contribution is 9.10. The summed E-state index contributed by atoms with van der Waals surface area (Å²) < 4.78 is 1.14. The summed E-state index contributed by atoms with van der Waals surface area (Å²) in [5.41, 5.74) is 1.27. The van der Waals surface area contributed by atoms with Crippen LogP contribution in [0.15, 0.2) is 22.7 Å². The van der Waals surface area contributed by atoms with Gasteiger partial charge in [0.05, 0.1) is 0 Å². The molecule has 0 spiro atoms. The molecular weight excluding hydrogens is 275 g/mol. The quantitative estimate of drug-likeness (QED) is 0.900. The van der Waals surface area contributed by atoms with E-state index in [9.17, 15) is 0 Å². The molecule has 1 aliphatic rings. The Labute approximate surface area is 104 Å². The predicted octanol–water partition coefficient (Wildman–Crippen LogP) is 2.51. The molecule has 0 radical (unpaired) electrons. The number of halogens is 2. The molecule has 1 heterocycles. The average molecular weight is 290 g/mol. The first-order valence-electron chi connectivity index (χ1n) is 5.13. The molecule has 1 saturated heterocycles. The lowest BCUT2D eigenvalue weighted by atomic mass is 10.2. The van der Waals surface area contributed by atoms with Crippen LogP contribution in [0.2, 0.25) is 5.02 Å². The van der Waals surface area contributed by atoms with Gasteiger partial charge in [-0.3, -0.25) is 4.90 Å². The number of nitrogens with zero attached hydrogens (tertiary/aromatic N) is 1. The lowest BCUT2D eigenvalue weighted by Crippen LogP contribution is -2.42. The van der Waals surface area contributed by atoms with E-state index in [0.717, 1.165) is 42.2 Å². The molecule has 0 saturated carbocycles. The third-order valence-electron chi connectivity index (χ3n) is 2.61. The first kappa shape index (κ1) is 11.4. The van der Waals surface area contributed by atoms with Crippen LogP contribution < -0.4 is 5.32 Å². The van der Waals surface area contributed by atoms with Gasteiger partial charge < -0.3 is 5.32 Å². The zero-order valence-corrected chi connectivity index (χ0v) is 10.8. The second kappa shape index (κ2) is 5.30. The number of benzene rings is 1. The highest BCUT2D eigenvalue weighted by atomic mass is 79.9. The molecule has 0 atom stereocenters. The number of hydrogen-bond acceptors (Lipinski definition) is 2. The standard InChI is InChI=1S/C11H14BrClN2/c12-11-2-1-10(13)7-9(11)8-15-5-3-14-4-6-15/h1-2,7,14H,3-6,8H2. The van der Waals surface area contributed by atoms with Crippen molar-refractivity contribution in [2.45, 2.75) is 6.54 Å². The van der Waals surface area contributed by atoms with Gasteiger partial charge in [-0.25, -0.2) is 0 Å². The number of rotatable bonds is 2. The highest BCUT2D eigenvalue weighted by Gasteiger charge is 2.11. The van der Waals surface area contributed by atoms with Crippen LogP contribution in [0.3, 0.4) is 0 Å². The summed E-state index contributed by atoms with van der Waals surface area (Å²) >= 11 is 9.54. The zero-order valence-electron chi connectivity index (χ0n) is 8.47. The highest BCUT2D eigenvalue weighted by Crippen LogP contribution is 2.22. The molecular formula is C11H14BrClN2. The Hall–Kier alpha value is -0.0900. The minimum Gasteiger partial charge on any atom is -0.314 e. The number of piperazine rings is 1. The van der Waals surface area contributed by atoms with E-state index in [0.29, 0.717) is 0 Å². The normalized spacial score (nSPS) is 18.0. The molecule has 1 N–H and O–H groups in total. The predicted molar refractivity (Wildman–Crippen MR) is 67.3 cm³/mol. The molecule has 0 aromatic heterocycles. The zero-order chi connectivity index (χ0) is 10.7. The topological polar surface area (TPSA) is 15.3 Å². The lowest BCUT2D eigenvalue weighted by Gasteiger charge is -2.27. The van der Waals surface area contributed by atoms with Crippen LogP contribution in [0.4, 0.5) is 0 Å². The van der Waals surface area contributed by atoms with E-state index in [1.54, 1.807) is 0 Å². The second-order valence-electron chi connectivity index (χ2n) is 3.76. The molecule has 1 fully saturated rings. The maximum atomic E-state index is 5.98. The fourth-order valence-electron chi connectivity index (χ4n) is 1.77. The van der Waals surface area contributed by atoms with Crippen LogP contribution >= 0.6 is 27.5 Å². The maximum Gasteiger partial charge on any atom is 0.0410 e. The van der Waals surface area contributed by atoms with Crippen molar-refractivity contribution in [3.8, 4) is 0 Å². The molecule has 1 aromatic carbocycles. The molecule has 0 bridgehead atoms. The van der Waals surface area contributed by atoms with Gasteiger partial charge in [0.2, 0.25) is 0 Å². The van der Waals surface area contributed by atoms with E-state index in [2.05, 4.69) is 26.1 Å². The molecule has 2 nitrogen and oxygen atoms in total. The van der Waals surface area contributed by atoms with Crippen LogP contribution in [-0.2, 0) is 6.54 Å². The SMILES string of the molecule is Clc1ccc(Br)c(CN2CCNCC2)c1. The molecule has 4 heteroatoms. The number of hydrogen-bond donors (Lipinski definition) is 1. The van der Waals surface area contributed by atoms with Crippen molar-refractivity contribution in [1.29, 1.82) is 0 Å². The fraction of sp³-hybridized carbons (Fsp3) is 0.455. The fourth-order valence-corrected chi connectivity index (χ4v) is 2.34. The van der Waals surface area contributed by atoms with Crippen molar-refractivity contribution < 1.29 is 0 Å². The first-order valence-corrected chi connectivity index (χ1v) is 6.30. The minimum absolute atomic E-state index is 0.809. The first-order chi connectivity index (χ1) is 7.25. The molecule has 82 valence electrons. The third-order valence-corrected chi connectivity index (χ3v) is 3.62. The Morgan fingerprint density at radius 1 is 1.33 bits per heavy atom. The van der Waals surface area contributed by atoms with Gasteiger partial charge in [0, 0.05) is 42.2 Å². The van der Waals surface area contributed by atoms with Crippen molar-refractivity contribution in [3.05, 3.63) is 33.3 Å². The van der Waals surface area contributed by atoms with Gasteiger partial charge in [0.15, 0.2) is 0 Å². The van der Waals surface area contributed by atoms with Crippen molar-refractivity contribution in [2.75, 3.05) is 26.2 Å². The van der Waals surface area contributed by atoms with Crippen LogP contribution in [-0.4, -0.2) is 31.1 Å². The molecule has 2 rings (SSSR count). The van der Waals surface area contributed by atoms with E-state index < -0.39 is 0 Å². The van der Waals surface area contributed by atoms with Crippen LogP contribution in [0, 0.1) is 0 Å². The Morgan fingerprint density at radius 2 is 2.07 bits per heavy atom. The number of nitrogens with one attached hydrogen (secondary N) is 1. The largest absolute Gasteiger partial charge is 0.314 e. The van der Waals surface area contributed by atoms with E-state index in [1.807, 2.05) is 18.2 Å². The Balaban J connectivity index is 2.05. The summed E-state index contributed by atoms with van der Waals surface area (Å²) in [6.45, 7) is 5.36. The molecule has 15 heavy (non-hydrogen) atoms.